The molecule has 25 heavy (non-hydrogen) atoms. The lowest BCUT2D eigenvalue weighted by atomic mass is 10.1. The molecule has 0 saturated heterocycles. The van der Waals surface area contributed by atoms with Crippen molar-refractivity contribution in [1.29, 1.82) is 0 Å². The lowest BCUT2D eigenvalue weighted by molar-refractivity contribution is -0.136. The predicted octanol–water partition coefficient (Wildman–Crippen LogP) is 1.66. The van der Waals surface area contributed by atoms with E-state index in [9.17, 15) is 9.59 Å². The predicted molar refractivity (Wildman–Crippen MR) is 93.1 cm³/mol. The number of nitrogens with zero attached hydrogens (tertiary/aromatic N) is 2. The number of nitrogens with two attached hydrogens (primary N) is 1. The van der Waals surface area contributed by atoms with Gasteiger partial charge in [-0.1, -0.05) is 12.1 Å². The largest absolute Gasteiger partial charge is 0.481 e. The molecule has 3 rings (SSSR count). The molecule has 2 heterocycles. The highest BCUT2D eigenvalue weighted by Crippen LogP contribution is 2.21. The highest BCUT2D eigenvalue weighted by Gasteiger charge is 2.10. The van der Waals surface area contributed by atoms with E-state index in [1.54, 1.807) is 18.2 Å². The average molecular weight is 338 g/mol. The first kappa shape index (κ1) is 16.7. The van der Waals surface area contributed by atoms with E-state index in [0.29, 0.717) is 12.1 Å². The number of hydrogen-bond donors (Lipinski definition) is 3. The van der Waals surface area contributed by atoms with Crippen LogP contribution in [0.15, 0.2) is 48.8 Å². The fourth-order valence-corrected chi connectivity index (χ4v) is 2.49. The summed E-state index contributed by atoms with van der Waals surface area (Å²) in [5.74, 6) is -1.26. The van der Waals surface area contributed by atoms with E-state index in [-0.39, 0.29) is 18.9 Å². The number of aromatic nitrogens is 2. The quantitative estimate of drug-likeness (QED) is 0.633. The van der Waals surface area contributed by atoms with E-state index in [2.05, 4.69) is 10.3 Å². The van der Waals surface area contributed by atoms with Gasteiger partial charge >= 0.3 is 5.97 Å². The van der Waals surface area contributed by atoms with E-state index in [0.717, 1.165) is 22.5 Å². The van der Waals surface area contributed by atoms with Crippen molar-refractivity contribution in [3.8, 4) is 11.3 Å². The molecule has 2 aromatic heterocycles. The van der Waals surface area contributed by atoms with Gasteiger partial charge in [-0.3, -0.25) is 9.59 Å². The lowest BCUT2D eigenvalue weighted by Gasteiger charge is -2.05. The molecule has 0 saturated carbocycles. The third-order valence-corrected chi connectivity index (χ3v) is 3.81. The van der Waals surface area contributed by atoms with E-state index in [1.165, 1.54) is 0 Å². The number of nitrogens with one attached hydrogen (secondary N) is 1. The lowest BCUT2D eigenvalue weighted by Crippen LogP contribution is -2.25. The van der Waals surface area contributed by atoms with E-state index < -0.39 is 5.97 Å². The Kier molecular flexibility index (Phi) is 4.76. The number of imidazole rings is 1. The van der Waals surface area contributed by atoms with Crippen molar-refractivity contribution in [3.05, 3.63) is 59.9 Å². The second-order valence-electron chi connectivity index (χ2n) is 5.61. The van der Waals surface area contributed by atoms with Crippen molar-refractivity contribution in [2.24, 2.45) is 5.73 Å². The molecule has 0 unspecified atom stereocenters. The van der Waals surface area contributed by atoms with Gasteiger partial charge in [-0.15, -0.1) is 0 Å². The Morgan fingerprint density at radius 2 is 2.08 bits per heavy atom. The maximum Gasteiger partial charge on any atom is 0.305 e. The number of aliphatic carboxylic acids is 1. The fraction of sp³-hybridized carbons (Fsp3) is 0.167. The average Bonchev–Trinajstić information content (AvgIpc) is 3.04. The maximum atomic E-state index is 12.1. The third kappa shape index (κ3) is 3.84. The second kappa shape index (κ2) is 7.14. The number of amides is 1. The highest BCUT2D eigenvalue weighted by atomic mass is 16.4. The number of carboxylic acids is 1. The van der Waals surface area contributed by atoms with Crippen molar-refractivity contribution in [3.63, 3.8) is 0 Å². The van der Waals surface area contributed by atoms with Gasteiger partial charge in [0, 0.05) is 36.6 Å². The van der Waals surface area contributed by atoms with Crippen LogP contribution in [0, 0.1) is 0 Å². The second-order valence-corrected chi connectivity index (χ2v) is 5.61. The van der Waals surface area contributed by atoms with Crippen LogP contribution in [-0.2, 0) is 11.3 Å². The van der Waals surface area contributed by atoms with Gasteiger partial charge in [0.2, 0.25) is 0 Å². The van der Waals surface area contributed by atoms with Crippen molar-refractivity contribution >= 4 is 17.5 Å². The third-order valence-electron chi connectivity index (χ3n) is 3.81. The molecule has 128 valence electrons. The van der Waals surface area contributed by atoms with Gasteiger partial charge in [0.05, 0.1) is 12.1 Å². The molecule has 0 radical (unpaired) electrons. The van der Waals surface area contributed by atoms with Gasteiger partial charge in [-0.25, -0.2) is 4.98 Å². The van der Waals surface area contributed by atoms with Crippen LogP contribution in [0.3, 0.4) is 0 Å². The van der Waals surface area contributed by atoms with E-state index in [1.807, 2.05) is 35.0 Å². The first-order valence-corrected chi connectivity index (χ1v) is 7.85. The Balaban J connectivity index is 1.83. The summed E-state index contributed by atoms with van der Waals surface area (Å²) < 4.78 is 1.90. The minimum atomic E-state index is -0.949. The van der Waals surface area contributed by atoms with Gasteiger partial charge in [0.25, 0.3) is 5.91 Å². The van der Waals surface area contributed by atoms with Gasteiger partial charge in [-0.2, -0.15) is 0 Å². The summed E-state index contributed by atoms with van der Waals surface area (Å²) in [6, 6.07) is 10.9. The Hall–Kier alpha value is -3.19. The number of carboxylic acid groups (broad SMARTS) is 1. The standard InChI is InChI=1S/C18H18N4O3/c19-10-12-5-7-22-11-15(21-16(22)8-12)13-2-1-3-14(9-13)18(25)20-6-4-17(23)24/h1-3,5,7-9,11H,4,6,10,19H2,(H,20,25)(H,23,24). The molecule has 0 atom stereocenters. The Bertz CT molecular complexity index is 933. The summed E-state index contributed by atoms with van der Waals surface area (Å²) in [7, 11) is 0. The number of carbonyl (C=O) groups excluding carboxylic acids is 1. The first-order valence-electron chi connectivity index (χ1n) is 7.85. The Morgan fingerprint density at radius 3 is 2.84 bits per heavy atom. The van der Waals surface area contributed by atoms with E-state index in [4.69, 9.17) is 10.8 Å². The van der Waals surface area contributed by atoms with Crippen molar-refractivity contribution in [2.45, 2.75) is 13.0 Å². The van der Waals surface area contributed by atoms with Crippen LogP contribution in [0.2, 0.25) is 0 Å². The molecule has 0 spiro atoms. The number of rotatable bonds is 6. The fourth-order valence-electron chi connectivity index (χ4n) is 2.49. The van der Waals surface area contributed by atoms with Gasteiger partial charge < -0.3 is 20.6 Å². The van der Waals surface area contributed by atoms with Crippen LogP contribution in [0.4, 0.5) is 0 Å². The zero-order valence-corrected chi connectivity index (χ0v) is 13.5. The number of fused-ring (bicyclic) bond motifs is 1. The molecular weight excluding hydrogens is 320 g/mol. The molecule has 0 aliphatic heterocycles. The summed E-state index contributed by atoms with van der Waals surface area (Å²) in [4.78, 5) is 27.2. The topological polar surface area (TPSA) is 110 Å². The minimum Gasteiger partial charge on any atom is -0.481 e. The minimum absolute atomic E-state index is 0.0919. The molecule has 1 amide bonds. The number of carbonyl (C=O) groups is 2. The number of hydrogen-bond acceptors (Lipinski definition) is 4. The molecule has 0 aliphatic carbocycles. The molecule has 3 aromatic rings. The van der Waals surface area contributed by atoms with Crippen LogP contribution < -0.4 is 11.1 Å². The molecular formula is C18H18N4O3. The van der Waals surface area contributed by atoms with Crippen LogP contribution in [0.5, 0.6) is 0 Å². The van der Waals surface area contributed by atoms with Gasteiger partial charge in [0.15, 0.2) is 0 Å². The summed E-state index contributed by atoms with van der Waals surface area (Å²) in [6.07, 6.45) is 3.68. The Morgan fingerprint density at radius 1 is 1.24 bits per heavy atom. The van der Waals surface area contributed by atoms with Crippen LogP contribution in [0.25, 0.3) is 16.9 Å². The number of benzene rings is 1. The summed E-state index contributed by atoms with van der Waals surface area (Å²) in [5.41, 5.74) is 9.45. The van der Waals surface area contributed by atoms with Crippen LogP contribution in [-0.4, -0.2) is 32.9 Å². The maximum absolute atomic E-state index is 12.1. The summed E-state index contributed by atoms with van der Waals surface area (Å²) >= 11 is 0. The molecule has 0 fully saturated rings. The smallest absolute Gasteiger partial charge is 0.305 e. The van der Waals surface area contributed by atoms with E-state index >= 15 is 0 Å². The normalized spacial score (nSPS) is 10.8. The van der Waals surface area contributed by atoms with Crippen LogP contribution >= 0.6 is 0 Å². The molecule has 4 N–H and O–H groups in total. The summed E-state index contributed by atoms with van der Waals surface area (Å²) in [5, 5.41) is 11.2. The van der Waals surface area contributed by atoms with Crippen LogP contribution in [0.1, 0.15) is 22.3 Å². The first-order chi connectivity index (χ1) is 12.1. The molecule has 7 heteroatoms. The molecule has 1 aromatic carbocycles. The molecule has 7 nitrogen and oxygen atoms in total. The zero-order chi connectivity index (χ0) is 17.8. The zero-order valence-electron chi connectivity index (χ0n) is 13.5. The van der Waals surface area contributed by atoms with Crippen molar-refractivity contribution in [2.75, 3.05) is 6.54 Å². The van der Waals surface area contributed by atoms with Crippen molar-refractivity contribution < 1.29 is 14.7 Å². The van der Waals surface area contributed by atoms with Crippen molar-refractivity contribution in [1.82, 2.24) is 14.7 Å². The number of pyridine rings is 1. The van der Waals surface area contributed by atoms with Gasteiger partial charge in [-0.05, 0) is 29.8 Å². The molecule has 0 aliphatic rings. The summed E-state index contributed by atoms with van der Waals surface area (Å²) in [6.45, 7) is 0.541. The monoisotopic (exact) mass is 338 g/mol. The SMILES string of the molecule is NCc1ccn2cc(-c3cccc(C(=O)NCCC(=O)O)c3)nc2c1. The highest BCUT2D eigenvalue weighted by molar-refractivity contribution is 5.95. The van der Waals surface area contributed by atoms with Gasteiger partial charge in [0.1, 0.15) is 5.65 Å². The molecule has 0 bridgehead atoms. The Labute approximate surface area is 144 Å².